The zero-order valence-electron chi connectivity index (χ0n) is 12.4. The van der Waals surface area contributed by atoms with Crippen LogP contribution in [0.3, 0.4) is 0 Å². The quantitative estimate of drug-likeness (QED) is 0.722. The summed E-state index contributed by atoms with van der Waals surface area (Å²) in [6.45, 7) is 0.289. The van der Waals surface area contributed by atoms with Gasteiger partial charge in [0, 0.05) is 5.56 Å². The average molecular weight is 312 g/mol. The van der Waals surface area contributed by atoms with Crippen molar-refractivity contribution in [1.29, 1.82) is 0 Å². The number of aliphatic hydroxyl groups is 1. The van der Waals surface area contributed by atoms with E-state index in [1.54, 1.807) is 12.1 Å². The molecule has 1 heterocycles. The van der Waals surface area contributed by atoms with Crippen LogP contribution < -0.4 is 9.47 Å². The minimum absolute atomic E-state index is 0.0571. The summed E-state index contributed by atoms with van der Waals surface area (Å²) < 4.78 is 16.3. The Morgan fingerprint density at radius 3 is 2.35 bits per heavy atom. The molecule has 0 spiro atoms. The predicted octanol–water partition coefficient (Wildman–Crippen LogP) is 2.69. The van der Waals surface area contributed by atoms with E-state index < -0.39 is 0 Å². The zero-order chi connectivity index (χ0) is 15.9. The van der Waals surface area contributed by atoms with Crippen molar-refractivity contribution in [3.63, 3.8) is 0 Å². The lowest BCUT2D eigenvalue weighted by Gasteiger charge is -2.10. The van der Waals surface area contributed by atoms with Crippen molar-refractivity contribution in [2.75, 3.05) is 13.2 Å². The van der Waals surface area contributed by atoms with Crippen LogP contribution in [-0.2, 0) is 6.61 Å². The maximum Gasteiger partial charge on any atom is 0.264 e. The minimum atomic E-state index is -0.0571. The van der Waals surface area contributed by atoms with Gasteiger partial charge in [0.25, 0.3) is 5.89 Å². The third-order valence-electron chi connectivity index (χ3n) is 3.05. The monoisotopic (exact) mass is 312 g/mol. The number of para-hydroxylation sites is 2. The van der Waals surface area contributed by atoms with Crippen molar-refractivity contribution in [3.05, 3.63) is 60.5 Å². The van der Waals surface area contributed by atoms with Crippen LogP contribution in [0.25, 0.3) is 11.4 Å². The maximum absolute atomic E-state index is 8.84. The van der Waals surface area contributed by atoms with Crippen LogP contribution >= 0.6 is 0 Å². The SMILES string of the molecule is OCCOc1ccccc1OCc1nc(-c2ccccc2)no1. The van der Waals surface area contributed by atoms with E-state index in [0.717, 1.165) is 5.56 Å². The van der Waals surface area contributed by atoms with Crippen molar-refractivity contribution in [2.24, 2.45) is 0 Å². The highest BCUT2D eigenvalue weighted by Gasteiger charge is 2.10. The van der Waals surface area contributed by atoms with Gasteiger partial charge in [-0.15, -0.1) is 0 Å². The van der Waals surface area contributed by atoms with E-state index in [2.05, 4.69) is 10.1 Å². The highest BCUT2D eigenvalue weighted by Crippen LogP contribution is 2.27. The summed E-state index contributed by atoms with van der Waals surface area (Å²) in [6.07, 6.45) is 0. The van der Waals surface area contributed by atoms with Crippen molar-refractivity contribution in [2.45, 2.75) is 6.61 Å². The fraction of sp³-hybridized carbons (Fsp3) is 0.176. The standard InChI is InChI=1S/C17H16N2O4/c20-10-11-21-14-8-4-5-9-15(14)22-12-16-18-17(19-23-16)13-6-2-1-3-7-13/h1-9,20H,10-12H2. The van der Waals surface area contributed by atoms with Gasteiger partial charge in [-0.1, -0.05) is 47.6 Å². The Morgan fingerprint density at radius 2 is 1.61 bits per heavy atom. The fourth-order valence-corrected chi connectivity index (χ4v) is 2.00. The molecule has 2 aromatic carbocycles. The number of aromatic nitrogens is 2. The Morgan fingerprint density at radius 1 is 0.913 bits per heavy atom. The van der Waals surface area contributed by atoms with Gasteiger partial charge < -0.3 is 19.1 Å². The average Bonchev–Trinajstić information content (AvgIpc) is 3.08. The molecular formula is C17H16N2O4. The van der Waals surface area contributed by atoms with Crippen LogP contribution in [-0.4, -0.2) is 28.5 Å². The molecule has 1 N–H and O–H groups in total. The molecule has 3 aromatic rings. The van der Waals surface area contributed by atoms with Gasteiger partial charge in [-0.05, 0) is 12.1 Å². The first-order valence-electron chi connectivity index (χ1n) is 7.20. The number of hydrogen-bond acceptors (Lipinski definition) is 6. The summed E-state index contributed by atoms with van der Waals surface area (Å²) in [4.78, 5) is 4.30. The largest absolute Gasteiger partial charge is 0.487 e. The van der Waals surface area contributed by atoms with Gasteiger partial charge >= 0.3 is 0 Å². The lowest BCUT2D eigenvalue weighted by molar-refractivity contribution is 0.187. The van der Waals surface area contributed by atoms with Crippen LogP contribution in [0.15, 0.2) is 59.1 Å². The topological polar surface area (TPSA) is 77.6 Å². The molecule has 6 heteroatoms. The first kappa shape index (κ1) is 15.1. The molecule has 3 rings (SSSR count). The van der Waals surface area contributed by atoms with Crippen LogP contribution in [0.1, 0.15) is 5.89 Å². The van der Waals surface area contributed by atoms with Crippen molar-refractivity contribution < 1.29 is 19.1 Å². The molecule has 0 radical (unpaired) electrons. The minimum Gasteiger partial charge on any atom is -0.487 e. The van der Waals surface area contributed by atoms with Gasteiger partial charge in [-0.25, -0.2) is 0 Å². The molecule has 1 aromatic heterocycles. The summed E-state index contributed by atoms with van der Waals surface area (Å²) in [5, 5.41) is 12.8. The molecule has 0 bridgehead atoms. The third-order valence-corrected chi connectivity index (χ3v) is 3.05. The number of aliphatic hydroxyl groups excluding tert-OH is 1. The number of rotatable bonds is 7. The molecule has 0 atom stereocenters. The molecule has 0 amide bonds. The Balaban J connectivity index is 1.66. The predicted molar refractivity (Wildman–Crippen MR) is 83.1 cm³/mol. The van der Waals surface area contributed by atoms with E-state index >= 15 is 0 Å². The van der Waals surface area contributed by atoms with E-state index in [0.29, 0.717) is 23.2 Å². The van der Waals surface area contributed by atoms with Crippen molar-refractivity contribution >= 4 is 0 Å². The van der Waals surface area contributed by atoms with Crippen LogP contribution in [0, 0.1) is 0 Å². The van der Waals surface area contributed by atoms with Crippen LogP contribution in [0.2, 0.25) is 0 Å². The number of nitrogens with zero attached hydrogens (tertiary/aromatic N) is 2. The molecule has 0 fully saturated rings. The molecule has 23 heavy (non-hydrogen) atoms. The smallest absolute Gasteiger partial charge is 0.264 e. The first-order chi connectivity index (χ1) is 11.4. The first-order valence-corrected chi connectivity index (χ1v) is 7.20. The second-order valence-electron chi connectivity index (χ2n) is 4.69. The van der Waals surface area contributed by atoms with Gasteiger partial charge in [-0.3, -0.25) is 0 Å². The van der Waals surface area contributed by atoms with E-state index in [-0.39, 0.29) is 19.8 Å². The second-order valence-corrected chi connectivity index (χ2v) is 4.69. The molecule has 6 nitrogen and oxygen atoms in total. The second kappa shape index (κ2) is 7.42. The van der Waals surface area contributed by atoms with E-state index in [9.17, 15) is 0 Å². The summed E-state index contributed by atoms with van der Waals surface area (Å²) in [5.41, 5.74) is 0.883. The van der Waals surface area contributed by atoms with Crippen LogP contribution in [0.5, 0.6) is 11.5 Å². The molecule has 0 unspecified atom stereocenters. The number of hydrogen-bond donors (Lipinski definition) is 1. The molecule has 0 aliphatic heterocycles. The highest BCUT2D eigenvalue weighted by molar-refractivity contribution is 5.53. The normalized spacial score (nSPS) is 10.5. The number of benzene rings is 2. The van der Waals surface area contributed by atoms with Gasteiger partial charge in [0.15, 0.2) is 18.1 Å². The lowest BCUT2D eigenvalue weighted by atomic mass is 10.2. The number of ether oxygens (including phenoxy) is 2. The van der Waals surface area contributed by atoms with Gasteiger partial charge in [-0.2, -0.15) is 4.98 Å². The summed E-state index contributed by atoms with van der Waals surface area (Å²) >= 11 is 0. The molecular weight excluding hydrogens is 296 g/mol. The summed E-state index contributed by atoms with van der Waals surface area (Å²) in [6, 6.07) is 16.8. The molecule has 0 saturated heterocycles. The Labute approximate surface area is 133 Å². The molecule has 0 saturated carbocycles. The zero-order valence-corrected chi connectivity index (χ0v) is 12.4. The van der Waals surface area contributed by atoms with Gasteiger partial charge in [0.05, 0.1) is 6.61 Å². The lowest BCUT2D eigenvalue weighted by Crippen LogP contribution is -2.04. The fourth-order valence-electron chi connectivity index (χ4n) is 2.00. The molecule has 118 valence electrons. The molecule has 0 aliphatic rings. The Hall–Kier alpha value is -2.86. The molecule has 0 aliphatic carbocycles. The van der Waals surface area contributed by atoms with E-state index in [1.807, 2.05) is 42.5 Å². The van der Waals surface area contributed by atoms with Gasteiger partial charge in [0.2, 0.25) is 5.82 Å². The highest BCUT2D eigenvalue weighted by atomic mass is 16.5. The Bertz CT molecular complexity index is 743. The van der Waals surface area contributed by atoms with Crippen LogP contribution in [0.4, 0.5) is 0 Å². The summed E-state index contributed by atoms with van der Waals surface area (Å²) in [5.74, 6) is 2.01. The van der Waals surface area contributed by atoms with Crippen molar-refractivity contribution in [1.82, 2.24) is 10.1 Å². The third kappa shape index (κ3) is 3.87. The van der Waals surface area contributed by atoms with Crippen molar-refractivity contribution in [3.8, 4) is 22.9 Å². The Kier molecular flexibility index (Phi) is 4.85. The maximum atomic E-state index is 8.84. The summed E-state index contributed by atoms with van der Waals surface area (Å²) in [7, 11) is 0. The van der Waals surface area contributed by atoms with Gasteiger partial charge in [0.1, 0.15) is 6.61 Å². The van der Waals surface area contributed by atoms with E-state index in [1.165, 1.54) is 0 Å². The van der Waals surface area contributed by atoms with E-state index in [4.69, 9.17) is 19.1 Å².